The number of rotatable bonds is 4. The predicted molar refractivity (Wildman–Crippen MR) is 89.8 cm³/mol. The Morgan fingerprint density at radius 2 is 2.22 bits per heavy atom. The summed E-state index contributed by atoms with van der Waals surface area (Å²) >= 11 is 1.38. The maximum atomic E-state index is 11.9. The molecule has 3 rings (SSSR count). The number of urea groups is 1. The van der Waals surface area contributed by atoms with Gasteiger partial charge in [0.1, 0.15) is 10.7 Å². The van der Waals surface area contributed by atoms with E-state index < -0.39 is 0 Å². The molecule has 0 spiro atoms. The molecule has 2 amide bonds. The van der Waals surface area contributed by atoms with Crippen LogP contribution in [0.5, 0.6) is 0 Å². The fourth-order valence-corrected chi connectivity index (χ4v) is 2.79. The highest BCUT2D eigenvalue weighted by Gasteiger charge is 2.10. The first-order valence-electron chi connectivity index (χ1n) is 7.34. The number of carbonyl (C=O) groups excluding carboxylic acids is 1. The van der Waals surface area contributed by atoms with Gasteiger partial charge in [-0.25, -0.2) is 9.78 Å². The average molecular weight is 330 g/mol. The lowest BCUT2D eigenvalue weighted by Gasteiger charge is -2.02. The van der Waals surface area contributed by atoms with Crippen molar-refractivity contribution in [2.24, 2.45) is 0 Å². The third-order valence-electron chi connectivity index (χ3n) is 3.25. The molecule has 7 nitrogen and oxygen atoms in total. The monoisotopic (exact) mass is 330 g/mol. The number of imidazole rings is 1. The van der Waals surface area contributed by atoms with Crippen molar-refractivity contribution in [1.82, 2.24) is 24.9 Å². The van der Waals surface area contributed by atoms with Crippen molar-refractivity contribution in [2.45, 2.75) is 33.2 Å². The summed E-state index contributed by atoms with van der Waals surface area (Å²) < 4.78 is 1.93. The van der Waals surface area contributed by atoms with Gasteiger partial charge in [0.2, 0.25) is 5.13 Å². The molecule has 0 saturated carbocycles. The highest BCUT2D eigenvalue weighted by molar-refractivity contribution is 7.15. The lowest BCUT2D eigenvalue weighted by atomic mass is 10.2. The van der Waals surface area contributed by atoms with E-state index in [1.54, 1.807) is 0 Å². The molecule has 0 bridgehead atoms. The molecule has 3 aromatic rings. The minimum absolute atomic E-state index is 0.299. The van der Waals surface area contributed by atoms with Crippen molar-refractivity contribution in [2.75, 3.05) is 5.32 Å². The van der Waals surface area contributed by atoms with Gasteiger partial charge in [0.25, 0.3) is 0 Å². The molecule has 0 aliphatic rings. The molecule has 120 valence electrons. The molecule has 0 radical (unpaired) electrons. The van der Waals surface area contributed by atoms with Gasteiger partial charge in [-0.2, -0.15) is 0 Å². The van der Waals surface area contributed by atoms with E-state index in [9.17, 15) is 4.79 Å². The Labute approximate surface area is 137 Å². The van der Waals surface area contributed by atoms with Crippen LogP contribution in [-0.4, -0.2) is 25.6 Å². The summed E-state index contributed by atoms with van der Waals surface area (Å²) in [6, 6.07) is 3.70. The van der Waals surface area contributed by atoms with Gasteiger partial charge in [0, 0.05) is 18.3 Å². The van der Waals surface area contributed by atoms with Crippen LogP contribution in [0.1, 0.15) is 36.0 Å². The summed E-state index contributed by atoms with van der Waals surface area (Å²) in [7, 11) is 0. The van der Waals surface area contributed by atoms with Gasteiger partial charge < -0.3 is 9.72 Å². The van der Waals surface area contributed by atoms with E-state index >= 15 is 0 Å². The number of nitrogens with zero attached hydrogens (tertiary/aromatic N) is 4. The zero-order valence-corrected chi connectivity index (χ0v) is 14.0. The van der Waals surface area contributed by atoms with E-state index in [0.717, 1.165) is 21.9 Å². The van der Waals surface area contributed by atoms with E-state index in [-0.39, 0.29) is 6.03 Å². The van der Waals surface area contributed by atoms with E-state index in [1.165, 1.54) is 11.3 Å². The standard InChI is InChI=1S/C15H18N6OS/c1-9(2)13-19-20-15(23-13)18-14(22)16-7-11-8-21-5-4-10(3)6-12(21)17-11/h4-6,8-9H,7H2,1-3H3,(H2,16,18,20,22). The number of aryl methyl sites for hydroxylation is 1. The van der Waals surface area contributed by atoms with E-state index in [4.69, 9.17) is 0 Å². The van der Waals surface area contributed by atoms with Gasteiger partial charge in [-0.15, -0.1) is 10.2 Å². The number of anilines is 1. The van der Waals surface area contributed by atoms with Crippen molar-refractivity contribution in [3.8, 4) is 0 Å². The number of carbonyl (C=O) groups is 1. The molecule has 0 atom stereocenters. The molecule has 23 heavy (non-hydrogen) atoms. The second-order valence-electron chi connectivity index (χ2n) is 5.61. The lowest BCUT2D eigenvalue weighted by molar-refractivity contribution is 0.251. The van der Waals surface area contributed by atoms with Gasteiger partial charge in [-0.3, -0.25) is 5.32 Å². The molecule has 0 aliphatic carbocycles. The number of nitrogens with one attached hydrogen (secondary N) is 2. The van der Waals surface area contributed by atoms with E-state index in [0.29, 0.717) is 17.6 Å². The van der Waals surface area contributed by atoms with Crippen molar-refractivity contribution in [3.05, 3.63) is 40.8 Å². The van der Waals surface area contributed by atoms with Crippen LogP contribution in [0, 0.1) is 6.92 Å². The zero-order valence-electron chi connectivity index (χ0n) is 13.2. The number of amides is 2. The van der Waals surface area contributed by atoms with Crippen LogP contribution in [0.3, 0.4) is 0 Å². The highest BCUT2D eigenvalue weighted by atomic mass is 32.1. The van der Waals surface area contributed by atoms with Crippen molar-refractivity contribution in [3.63, 3.8) is 0 Å². The number of hydrogen-bond acceptors (Lipinski definition) is 5. The Balaban J connectivity index is 1.59. The van der Waals surface area contributed by atoms with Crippen molar-refractivity contribution in [1.29, 1.82) is 0 Å². The minimum Gasteiger partial charge on any atom is -0.332 e. The van der Waals surface area contributed by atoms with Gasteiger partial charge in [-0.1, -0.05) is 25.2 Å². The first-order valence-corrected chi connectivity index (χ1v) is 8.15. The average Bonchev–Trinajstić information content (AvgIpc) is 3.11. The molecule has 0 saturated heterocycles. The van der Waals surface area contributed by atoms with Crippen LogP contribution < -0.4 is 10.6 Å². The molecule has 0 aromatic carbocycles. The first kappa shape index (κ1) is 15.4. The van der Waals surface area contributed by atoms with Crippen molar-refractivity contribution < 1.29 is 4.79 Å². The van der Waals surface area contributed by atoms with Gasteiger partial charge in [0.05, 0.1) is 12.2 Å². The van der Waals surface area contributed by atoms with Gasteiger partial charge in [-0.05, 0) is 24.6 Å². The number of fused-ring (bicyclic) bond motifs is 1. The molecule has 0 aliphatic heterocycles. The van der Waals surface area contributed by atoms with Crippen LogP contribution in [0.2, 0.25) is 0 Å². The van der Waals surface area contributed by atoms with Crippen LogP contribution in [-0.2, 0) is 6.54 Å². The van der Waals surface area contributed by atoms with Crippen LogP contribution >= 0.6 is 11.3 Å². The Morgan fingerprint density at radius 3 is 2.96 bits per heavy atom. The van der Waals surface area contributed by atoms with Gasteiger partial charge in [0.15, 0.2) is 0 Å². The molecule has 8 heteroatoms. The second-order valence-corrected chi connectivity index (χ2v) is 6.62. The maximum absolute atomic E-state index is 11.9. The summed E-state index contributed by atoms with van der Waals surface area (Å²) in [6.07, 6.45) is 3.85. The highest BCUT2D eigenvalue weighted by Crippen LogP contribution is 2.22. The molecule has 0 fully saturated rings. The maximum Gasteiger partial charge on any atom is 0.321 e. The summed E-state index contributed by atoms with van der Waals surface area (Å²) in [5, 5.41) is 14.8. The molecule has 0 unspecified atom stereocenters. The summed E-state index contributed by atoms with van der Waals surface area (Å²) in [5.74, 6) is 0.299. The third-order valence-corrected chi connectivity index (χ3v) is 4.39. The summed E-state index contributed by atoms with van der Waals surface area (Å²) in [4.78, 5) is 16.4. The number of aromatic nitrogens is 4. The predicted octanol–water partition coefficient (Wildman–Crippen LogP) is 2.94. The number of pyridine rings is 1. The SMILES string of the molecule is Cc1ccn2cc(CNC(=O)Nc3nnc(C(C)C)s3)nc2c1. The molecule has 2 N–H and O–H groups in total. The Kier molecular flexibility index (Phi) is 4.24. The number of hydrogen-bond donors (Lipinski definition) is 2. The van der Waals surface area contributed by atoms with Crippen molar-refractivity contribution >= 4 is 28.1 Å². The molecular formula is C15H18N6OS. The summed E-state index contributed by atoms with van der Waals surface area (Å²) in [5.41, 5.74) is 2.82. The normalized spacial score (nSPS) is 11.1. The van der Waals surface area contributed by atoms with Crippen LogP contribution in [0.4, 0.5) is 9.93 Å². The minimum atomic E-state index is -0.315. The first-order chi connectivity index (χ1) is 11.0. The Morgan fingerprint density at radius 1 is 1.39 bits per heavy atom. The Hall–Kier alpha value is -2.48. The topological polar surface area (TPSA) is 84.2 Å². The lowest BCUT2D eigenvalue weighted by Crippen LogP contribution is -2.28. The molecule has 3 heterocycles. The van der Waals surface area contributed by atoms with Crippen LogP contribution in [0.25, 0.3) is 5.65 Å². The smallest absolute Gasteiger partial charge is 0.321 e. The third kappa shape index (κ3) is 3.65. The Bertz CT molecular complexity index is 837. The van der Waals surface area contributed by atoms with Gasteiger partial charge >= 0.3 is 6.03 Å². The largest absolute Gasteiger partial charge is 0.332 e. The molecule has 3 aromatic heterocycles. The van der Waals surface area contributed by atoms with E-state index in [1.807, 2.05) is 49.7 Å². The van der Waals surface area contributed by atoms with E-state index in [2.05, 4.69) is 25.8 Å². The summed E-state index contributed by atoms with van der Waals surface area (Å²) in [6.45, 7) is 6.45. The van der Waals surface area contributed by atoms with Crippen LogP contribution in [0.15, 0.2) is 24.5 Å². The fourth-order valence-electron chi connectivity index (χ4n) is 2.05. The quantitative estimate of drug-likeness (QED) is 0.770. The fraction of sp³-hybridized carbons (Fsp3) is 0.333. The zero-order chi connectivity index (χ0) is 16.4. The second kappa shape index (κ2) is 6.33. The molecular weight excluding hydrogens is 312 g/mol.